The standard InChI is InChI=1S/C15H17F3N2O3/c1-9-6-10(2)13(11(3)7-9)23-8-12(21)20-14(22,4-5-19-20)15(16,17)18/h5-7,22H,4,8H2,1-3H3. The van der Waals surface area contributed by atoms with Crippen LogP contribution in [-0.4, -0.2) is 40.7 Å². The van der Waals surface area contributed by atoms with E-state index in [-0.39, 0.29) is 5.01 Å². The van der Waals surface area contributed by atoms with Crippen LogP contribution in [0.3, 0.4) is 0 Å². The van der Waals surface area contributed by atoms with Gasteiger partial charge < -0.3 is 9.84 Å². The highest BCUT2D eigenvalue weighted by Crippen LogP contribution is 2.38. The molecule has 0 fully saturated rings. The van der Waals surface area contributed by atoms with Crippen molar-refractivity contribution in [2.24, 2.45) is 5.10 Å². The second-order valence-corrected chi connectivity index (χ2v) is 5.54. The predicted octanol–water partition coefficient (Wildman–Crippen LogP) is 2.46. The fraction of sp³-hybridized carbons (Fsp3) is 0.467. The summed E-state index contributed by atoms with van der Waals surface area (Å²) in [6.45, 7) is 4.80. The van der Waals surface area contributed by atoms with E-state index in [4.69, 9.17) is 4.74 Å². The lowest BCUT2D eigenvalue weighted by Gasteiger charge is -2.32. The molecule has 1 aliphatic rings. The number of ether oxygens (including phenoxy) is 1. The third kappa shape index (κ3) is 3.17. The number of hydrazone groups is 1. The Morgan fingerprint density at radius 3 is 2.43 bits per heavy atom. The number of amides is 1. The number of hydrogen-bond acceptors (Lipinski definition) is 4. The SMILES string of the molecule is Cc1cc(C)c(OCC(=O)N2N=CCC2(O)C(F)(F)F)c(C)c1. The monoisotopic (exact) mass is 330 g/mol. The zero-order valence-corrected chi connectivity index (χ0v) is 12.9. The Morgan fingerprint density at radius 1 is 1.35 bits per heavy atom. The van der Waals surface area contributed by atoms with Gasteiger partial charge in [-0.3, -0.25) is 4.79 Å². The predicted molar refractivity (Wildman–Crippen MR) is 77.1 cm³/mol. The average Bonchev–Trinajstić information content (AvgIpc) is 2.80. The summed E-state index contributed by atoms with van der Waals surface area (Å²) < 4.78 is 44.1. The van der Waals surface area contributed by atoms with Crippen LogP contribution >= 0.6 is 0 Å². The van der Waals surface area contributed by atoms with E-state index in [1.165, 1.54) is 0 Å². The first-order valence-electron chi connectivity index (χ1n) is 6.91. The van der Waals surface area contributed by atoms with E-state index in [0.29, 0.717) is 5.75 Å². The van der Waals surface area contributed by atoms with Crippen LogP contribution in [0, 0.1) is 20.8 Å². The van der Waals surface area contributed by atoms with E-state index in [1.807, 2.05) is 19.1 Å². The lowest BCUT2D eigenvalue weighted by molar-refractivity contribution is -0.302. The third-order valence-electron chi connectivity index (χ3n) is 3.56. The summed E-state index contributed by atoms with van der Waals surface area (Å²) in [7, 11) is 0. The van der Waals surface area contributed by atoms with Gasteiger partial charge in [-0.2, -0.15) is 23.3 Å². The summed E-state index contributed by atoms with van der Waals surface area (Å²) in [5.41, 5.74) is -0.767. The summed E-state index contributed by atoms with van der Waals surface area (Å²) >= 11 is 0. The molecule has 126 valence electrons. The van der Waals surface area contributed by atoms with Gasteiger partial charge in [0, 0.05) is 12.6 Å². The molecule has 0 saturated heterocycles. The number of alkyl halides is 3. The minimum atomic E-state index is -5.01. The number of rotatable bonds is 3. The number of aliphatic hydroxyl groups is 1. The molecule has 8 heteroatoms. The van der Waals surface area contributed by atoms with Gasteiger partial charge in [0.25, 0.3) is 11.6 Å². The first-order chi connectivity index (χ1) is 10.6. The fourth-order valence-electron chi connectivity index (χ4n) is 2.53. The van der Waals surface area contributed by atoms with Crippen molar-refractivity contribution in [3.63, 3.8) is 0 Å². The maximum absolute atomic E-state index is 12.9. The molecule has 0 spiro atoms. The second kappa shape index (κ2) is 5.84. The molecule has 1 unspecified atom stereocenters. The van der Waals surface area contributed by atoms with Gasteiger partial charge in [-0.1, -0.05) is 17.7 Å². The van der Waals surface area contributed by atoms with E-state index < -0.39 is 30.8 Å². The highest BCUT2D eigenvalue weighted by atomic mass is 19.4. The van der Waals surface area contributed by atoms with Gasteiger partial charge in [-0.25, -0.2) is 0 Å². The summed E-state index contributed by atoms with van der Waals surface area (Å²) in [6, 6.07) is 3.68. The van der Waals surface area contributed by atoms with Gasteiger partial charge in [0.2, 0.25) is 0 Å². The molecule has 1 aliphatic heterocycles. The Labute approximate surface area is 131 Å². The number of hydrogen-bond donors (Lipinski definition) is 1. The minimum absolute atomic E-state index is 0.0336. The zero-order valence-electron chi connectivity index (χ0n) is 12.9. The van der Waals surface area contributed by atoms with Gasteiger partial charge in [0.15, 0.2) is 6.61 Å². The molecular weight excluding hydrogens is 313 g/mol. The van der Waals surface area contributed by atoms with Crippen LogP contribution in [0.15, 0.2) is 17.2 Å². The van der Waals surface area contributed by atoms with Crippen molar-refractivity contribution < 1.29 is 27.8 Å². The molecule has 2 rings (SSSR count). The van der Waals surface area contributed by atoms with Crippen LogP contribution in [0.2, 0.25) is 0 Å². The molecule has 1 aromatic rings. The summed E-state index contributed by atoms with van der Waals surface area (Å²) in [5, 5.41) is 13.1. The van der Waals surface area contributed by atoms with Crippen molar-refractivity contribution in [2.75, 3.05) is 6.61 Å². The second-order valence-electron chi connectivity index (χ2n) is 5.54. The molecular formula is C15H17F3N2O3. The largest absolute Gasteiger partial charge is 0.483 e. The zero-order chi connectivity index (χ0) is 17.4. The molecule has 1 heterocycles. The maximum Gasteiger partial charge on any atom is 0.438 e. The van der Waals surface area contributed by atoms with Crippen LogP contribution in [0.1, 0.15) is 23.1 Å². The molecule has 1 aromatic carbocycles. The van der Waals surface area contributed by atoms with Crippen molar-refractivity contribution >= 4 is 12.1 Å². The van der Waals surface area contributed by atoms with E-state index in [1.54, 1.807) is 13.8 Å². The van der Waals surface area contributed by atoms with Crippen molar-refractivity contribution in [1.82, 2.24) is 5.01 Å². The first kappa shape index (κ1) is 17.3. The van der Waals surface area contributed by atoms with Crippen LogP contribution in [0.4, 0.5) is 13.2 Å². The molecule has 0 bridgehead atoms. The van der Waals surface area contributed by atoms with Crippen molar-refractivity contribution in [3.8, 4) is 5.75 Å². The molecule has 1 N–H and O–H groups in total. The van der Waals surface area contributed by atoms with Gasteiger partial charge >= 0.3 is 6.18 Å². The highest BCUT2D eigenvalue weighted by molar-refractivity contribution is 5.81. The number of carbonyl (C=O) groups excluding carboxylic acids is 1. The molecule has 0 saturated carbocycles. The van der Waals surface area contributed by atoms with E-state index in [0.717, 1.165) is 22.9 Å². The number of benzene rings is 1. The van der Waals surface area contributed by atoms with E-state index in [2.05, 4.69) is 5.10 Å². The third-order valence-corrected chi connectivity index (χ3v) is 3.56. The quantitative estimate of drug-likeness (QED) is 0.926. The first-order valence-corrected chi connectivity index (χ1v) is 6.91. The fourth-order valence-corrected chi connectivity index (χ4v) is 2.53. The highest BCUT2D eigenvalue weighted by Gasteiger charge is 2.61. The van der Waals surface area contributed by atoms with Gasteiger partial charge in [0.05, 0.1) is 0 Å². The summed E-state index contributed by atoms with van der Waals surface area (Å²) in [6.07, 6.45) is -4.95. The maximum atomic E-state index is 12.9. The van der Waals surface area contributed by atoms with E-state index in [9.17, 15) is 23.1 Å². The van der Waals surface area contributed by atoms with Crippen LogP contribution in [0.25, 0.3) is 0 Å². The van der Waals surface area contributed by atoms with Gasteiger partial charge in [-0.15, -0.1) is 0 Å². The number of halogens is 3. The normalized spacial score (nSPS) is 20.9. The van der Waals surface area contributed by atoms with Crippen molar-refractivity contribution in [2.45, 2.75) is 39.1 Å². The average molecular weight is 330 g/mol. The molecule has 0 aromatic heterocycles. The molecule has 1 amide bonds. The lowest BCUT2D eigenvalue weighted by atomic mass is 10.1. The Bertz CT molecular complexity index is 635. The Morgan fingerprint density at radius 2 is 1.91 bits per heavy atom. The van der Waals surface area contributed by atoms with Gasteiger partial charge in [0.1, 0.15) is 5.75 Å². The van der Waals surface area contributed by atoms with Crippen LogP contribution in [-0.2, 0) is 4.79 Å². The minimum Gasteiger partial charge on any atom is -0.483 e. The Balaban J connectivity index is 2.13. The van der Waals surface area contributed by atoms with Crippen molar-refractivity contribution in [1.29, 1.82) is 0 Å². The molecule has 1 atom stereocenters. The molecule has 0 aliphatic carbocycles. The van der Waals surface area contributed by atoms with Crippen molar-refractivity contribution in [3.05, 3.63) is 28.8 Å². The van der Waals surface area contributed by atoms with E-state index >= 15 is 0 Å². The van der Waals surface area contributed by atoms with Crippen LogP contribution < -0.4 is 4.74 Å². The van der Waals surface area contributed by atoms with Gasteiger partial charge in [-0.05, 0) is 31.9 Å². The topological polar surface area (TPSA) is 62.1 Å². The molecule has 5 nitrogen and oxygen atoms in total. The molecule has 23 heavy (non-hydrogen) atoms. The number of nitrogens with zero attached hydrogens (tertiary/aromatic N) is 2. The Hall–Kier alpha value is -2.09. The van der Waals surface area contributed by atoms with Crippen LogP contribution in [0.5, 0.6) is 5.75 Å². The summed E-state index contributed by atoms with van der Waals surface area (Å²) in [5.74, 6) is -0.638. The smallest absolute Gasteiger partial charge is 0.438 e. The Kier molecular flexibility index (Phi) is 4.39. The summed E-state index contributed by atoms with van der Waals surface area (Å²) in [4.78, 5) is 12.0. The lowest BCUT2D eigenvalue weighted by Crippen LogP contribution is -2.57. The number of carbonyl (C=O) groups is 1. The number of aryl methyl sites for hydroxylation is 3. The molecule has 0 radical (unpaired) electrons.